The number of hydrogen-bond donors (Lipinski definition) is 2. The number of rotatable bonds is 8. The molecule has 5 nitrogen and oxygen atoms in total. The van der Waals surface area contributed by atoms with Crippen LogP contribution in [0.25, 0.3) is 0 Å². The fourth-order valence-electron chi connectivity index (χ4n) is 2.71. The number of carbonyl (C=O) groups excluding carboxylic acids is 2. The molecule has 28 heavy (non-hydrogen) atoms. The first kappa shape index (κ1) is 19.8. The van der Waals surface area contributed by atoms with Gasteiger partial charge in [-0.2, -0.15) is 0 Å². The highest BCUT2D eigenvalue weighted by Gasteiger charge is 2.11. The summed E-state index contributed by atoms with van der Waals surface area (Å²) in [6, 6.07) is 16.9. The molecule has 6 heteroatoms. The van der Waals surface area contributed by atoms with E-state index in [-0.39, 0.29) is 18.2 Å². The molecule has 0 saturated carbocycles. The molecular weight excluding hydrogens is 370 g/mol. The third-order valence-electron chi connectivity index (χ3n) is 4.21. The Bertz CT molecular complexity index is 920. The van der Waals surface area contributed by atoms with Crippen molar-refractivity contribution in [3.05, 3.63) is 76.8 Å². The van der Waals surface area contributed by atoms with Gasteiger partial charge in [0, 0.05) is 16.6 Å². The highest BCUT2D eigenvalue weighted by molar-refractivity contribution is 7.14. The highest BCUT2D eigenvalue weighted by atomic mass is 32.1. The maximum atomic E-state index is 12.3. The number of amides is 2. The quantitative estimate of drug-likeness (QED) is 0.571. The predicted molar refractivity (Wildman–Crippen MR) is 114 cm³/mol. The SMILES string of the molecule is CCCCc1ccc(NC(=O)Cc2csc(NC(=O)c3ccccc3)n2)cc1. The fourth-order valence-corrected chi connectivity index (χ4v) is 3.42. The van der Waals surface area contributed by atoms with E-state index < -0.39 is 0 Å². The second kappa shape index (κ2) is 9.80. The van der Waals surface area contributed by atoms with Gasteiger partial charge in [-0.25, -0.2) is 4.98 Å². The Labute approximate surface area is 168 Å². The number of aromatic nitrogens is 1. The van der Waals surface area contributed by atoms with Crippen LogP contribution >= 0.6 is 11.3 Å². The summed E-state index contributed by atoms with van der Waals surface area (Å²) >= 11 is 1.31. The molecule has 1 heterocycles. The molecule has 0 aliphatic heterocycles. The second-order valence-corrected chi connectivity index (χ2v) is 7.35. The van der Waals surface area contributed by atoms with E-state index in [1.807, 2.05) is 42.5 Å². The van der Waals surface area contributed by atoms with Crippen molar-refractivity contribution in [1.29, 1.82) is 0 Å². The minimum Gasteiger partial charge on any atom is -0.326 e. The molecule has 0 aliphatic rings. The van der Waals surface area contributed by atoms with E-state index in [0.29, 0.717) is 16.4 Å². The Morgan fingerprint density at radius 1 is 1.00 bits per heavy atom. The van der Waals surface area contributed by atoms with E-state index in [1.165, 1.54) is 29.7 Å². The van der Waals surface area contributed by atoms with Crippen LogP contribution in [0.15, 0.2) is 60.0 Å². The molecule has 144 valence electrons. The van der Waals surface area contributed by atoms with E-state index in [2.05, 4.69) is 22.5 Å². The van der Waals surface area contributed by atoms with Crippen molar-refractivity contribution in [3.63, 3.8) is 0 Å². The molecule has 0 atom stereocenters. The smallest absolute Gasteiger partial charge is 0.257 e. The number of thiazole rings is 1. The van der Waals surface area contributed by atoms with Crippen molar-refractivity contribution in [2.75, 3.05) is 10.6 Å². The number of nitrogens with zero attached hydrogens (tertiary/aromatic N) is 1. The van der Waals surface area contributed by atoms with Gasteiger partial charge in [0.15, 0.2) is 5.13 Å². The van der Waals surface area contributed by atoms with Crippen molar-refractivity contribution >= 4 is 34.0 Å². The van der Waals surface area contributed by atoms with Gasteiger partial charge >= 0.3 is 0 Å². The summed E-state index contributed by atoms with van der Waals surface area (Å²) in [5.41, 5.74) is 3.25. The van der Waals surface area contributed by atoms with Crippen LogP contribution in [0.1, 0.15) is 41.4 Å². The Morgan fingerprint density at radius 2 is 1.75 bits per heavy atom. The maximum absolute atomic E-state index is 12.3. The number of hydrogen-bond acceptors (Lipinski definition) is 4. The van der Waals surface area contributed by atoms with Crippen molar-refractivity contribution in [2.45, 2.75) is 32.6 Å². The Morgan fingerprint density at radius 3 is 2.46 bits per heavy atom. The van der Waals surface area contributed by atoms with E-state index in [0.717, 1.165) is 12.1 Å². The Kier molecular flexibility index (Phi) is 6.92. The first-order chi connectivity index (χ1) is 13.6. The first-order valence-corrected chi connectivity index (χ1v) is 10.2. The van der Waals surface area contributed by atoms with Crippen molar-refractivity contribution < 1.29 is 9.59 Å². The lowest BCUT2D eigenvalue weighted by Crippen LogP contribution is -2.15. The van der Waals surface area contributed by atoms with Crippen LogP contribution in [-0.2, 0) is 17.6 Å². The average molecular weight is 394 g/mol. The standard InChI is InChI=1S/C22H23N3O2S/c1-2-3-7-16-10-12-18(13-11-16)23-20(26)14-19-15-28-22(24-19)25-21(27)17-8-5-4-6-9-17/h4-6,8-13,15H,2-3,7,14H2,1H3,(H,23,26)(H,24,25,27). The monoisotopic (exact) mass is 393 g/mol. The zero-order valence-electron chi connectivity index (χ0n) is 15.8. The van der Waals surface area contributed by atoms with Gasteiger partial charge in [-0.3, -0.25) is 14.9 Å². The molecule has 2 aromatic carbocycles. The third kappa shape index (κ3) is 5.76. The number of aryl methyl sites for hydroxylation is 1. The van der Waals surface area contributed by atoms with Crippen LogP contribution < -0.4 is 10.6 Å². The highest BCUT2D eigenvalue weighted by Crippen LogP contribution is 2.18. The van der Waals surface area contributed by atoms with Crippen LogP contribution in [-0.4, -0.2) is 16.8 Å². The van der Waals surface area contributed by atoms with E-state index >= 15 is 0 Å². The van der Waals surface area contributed by atoms with Gasteiger partial charge in [0.05, 0.1) is 12.1 Å². The molecule has 0 fully saturated rings. The van der Waals surface area contributed by atoms with Gasteiger partial charge in [0.1, 0.15) is 0 Å². The molecule has 2 amide bonds. The minimum absolute atomic E-state index is 0.132. The number of nitrogens with one attached hydrogen (secondary N) is 2. The first-order valence-electron chi connectivity index (χ1n) is 9.33. The van der Waals surface area contributed by atoms with Gasteiger partial charge in [-0.15, -0.1) is 11.3 Å². The lowest BCUT2D eigenvalue weighted by Gasteiger charge is -2.06. The molecule has 3 aromatic rings. The largest absolute Gasteiger partial charge is 0.326 e. The summed E-state index contributed by atoms with van der Waals surface area (Å²) in [7, 11) is 0. The van der Waals surface area contributed by atoms with Crippen molar-refractivity contribution in [2.24, 2.45) is 0 Å². The molecule has 0 bridgehead atoms. The second-order valence-electron chi connectivity index (χ2n) is 6.49. The molecule has 3 rings (SSSR count). The number of carbonyl (C=O) groups is 2. The van der Waals surface area contributed by atoms with E-state index in [1.54, 1.807) is 17.5 Å². The van der Waals surface area contributed by atoms with Crippen LogP contribution in [0.4, 0.5) is 10.8 Å². The van der Waals surface area contributed by atoms with Crippen molar-refractivity contribution in [3.8, 4) is 0 Å². The fraction of sp³-hybridized carbons (Fsp3) is 0.227. The van der Waals surface area contributed by atoms with Gasteiger partial charge in [0.25, 0.3) is 5.91 Å². The summed E-state index contributed by atoms with van der Waals surface area (Å²) < 4.78 is 0. The number of benzene rings is 2. The number of unbranched alkanes of at least 4 members (excludes halogenated alkanes) is 1. The predicted octanol–water partition coefficient (Wildman–Crippen LogP) is 4.92. The lowest BCUT2D eigenvalue weighted by atomic mass is 10.1. The van der Waals surface area contributed by atoms with Crippen LogP contribution in [0.5, 0.6) is 0 Å². The summed E-state index contributed by atoms with van der Waals surface area (Å²) in [5, 5.41) is 7.92. The topological polar surface area (TPSA) is 71.1 Å². The van der Waals surface area contributed by atoms with Crippen LogP contribution in [0.2, 0.25) is 0 Å². The molecule has 0 radical (unpaired) electrons. The summed E-state index contributed by atoms with van der Waals surface area (Å²) in [4.78, 5) is 28.7. The van der Waals surface area contributed by atoms with E-state index in [4.69, 9.17) is 0 Å². The molecule has 0 spiro atoms. The van der Waals surface area contributed by atoms with Gasteiger partial charge < -0.3 is 5.32 Å². The summed E-state index contributed by atoms with van der Waals surface area (Å²) in [5.74, 6) is -0.346. The van der Waals surface area contributed by atoms with Gasteiger partial charge in [-0.05, 0) is 42.7 Å². The zero-order chi connectivity index (χ0) is 19.8. The van der Waals surface area contributed by atoms with E-state index in [9.17, 15) is 9.59 Å². The van der Waals surface area contributed by atoms with Crippen molar-refractivity contribution in [1.82, 2.24) is 4.98 Å². The molecule has 0 unspecified atom stereocenters. The lowest BCUT2D eigenvalue weighted by molar-refractivity contribution is -0.115. The third-order valence-corrected chi connectivity index (χ3v) is 5.01. The normalized spacial score (nSPS) is 10.5. The molecule has 2 N–H and O–H groups in total. The average Bonchev–Trinajstić information content (AvgIpc) is 3.14. The van der Waals surface area contributed by atoms with Crippen LogP contribution in [0, 0.1) is 0 Å². The Hall–Kier alpha value is -2.99. The van der Waals surface area contributed by atoms with Gasteiger partial charge in [-0.1, -0.05) is 43.7 Å². The summed E-state index contributed by atoms with van der Waals surface area (Å²) in [6.07, 6.45) is 3.55. The molecule has 1 aromatic heterocycles. The summed E-state index contributed by atoms with van der Waals surface area (Å²) in [6.45, 7) is 2.17. The van der Waals surface area contributed by atoms with Crippen LogP contribution in [0.3, 0.4) is 0 Å². The maximum Gasteiger partial charge on any atom is 0.257 e. The Balaban J connectivity index is 1.51. The number of anilines is 2. The molecule has 0 saturated heterocycles. The zero-order valence-corrected chi connectivity index (χ0v) is 16.6. The molecule has 0 aliphatic carbocycles. The minimum atomic E-state index is -0.214. The van der Waals surface area contributed by atoms with Gasteiger partial charge in [0.2, 0.25) is 5.91 Å². The molecular formula is C22H23N3O2S.